The first-order valence-corrected chi connectivity index (χ1v) is 3.10. The van der Waals surface area contributed by atoms with Gasteiger partial charge < -0.3 is 10.8 Å². The van der Waals surface area contributed by atoms with Crippen LogP contribution in [0.25, 0.3) is 0 Å². The van der Waals surface area contributed by atoms with Gasteiger partial charge in [-0.05, 0) is 0 Å². The lowest BCUT2D eigenvalue weighted by Gasteiger charge is -2.07. The number of nitrogens with two attached hydrogens (primary N) is 2. The maximum absolute atomic E-state index is 8.69. The van der Waals surface area contributed by atoms with Crippen LogP contribution in [0.15, 0.2) is 0 Å². The average molecular weight is 131 g/mol. The molecule has 0 aromatic carbocycles. The van der Waals surface area contributed by atoms with Gasteiger partial charge in [-0.1, -0.05) is 0 Å². The summed E-state index contributed by atoms with van der Waals surface area (Å²) in [6.07, 6.45) is 0. The van der Waals surface area contributed by atoms with Crippen molar-refractivity contribution in [1.29, 1.82) is 0 Å². The predicted octanol–water partition coefficient (Wildman–Crippen LogP) is -1.89. The summed E-state index contributed by atoms with van der Waals surface area (Å²) in [5, 5.41) is 10.3. The molecule has 2 atom stereocenters. The minimum Gasteiger partial charge on any atom is -0.396 e. The van der Waals surface area contributed by atoms with Crippen molar-refractivity contribution < 1.29 is 5.11 Å². The first-order chi connectivity index (χ1) is 4.24. The van der Waals surface area contributed by atoms with Gasteiger partial charge in [-0.15, -0.1) is 0 Å². The van der Waals surface area contributed by atoms with E-state index in [1.165, 1.54) is 0 Å². The normalized spacial score (nSPS) is 37.7. The summed E-state index contributed by atoms with van der Waals surface area (Å²) in [7, 11) is 0. The Bertz CT molecular complexity index is 98.2. The predicted molar refractivity (Wildman–Crippen MR) is 34.3 cm³/mol. The number of rotatable bonds is 1. The smallest absolute Gasteiger partial charge is 0.0487 e. The molecule has 0 aromatic rings. The van der Waals surface area contributed by atoms with Gasteiger partial charge in [0.25, 0.3) is 0 Å². The van der Waals surface area contributed by atoms with Gasteiger partial charge in [0.15, 0.2) is 0 Å². The molecule has 4 heteroatoms. The lowest BCUT2D eigenvalue weighted by molar-refractivity contribution is 0.216. The van der Waals surface area contributed by atoms with Crippen molar-refractivity contribution in [3.63, 3.8) is 0 Å². The fourth-order valence-corrected chi connectivity index (χ4v) is 1.12. The highest BCUT2D eigenvalue weighted by atomic mass is 16.3. The van der Waals surface area contributed by atoms with Crippen molar-refractivity contribution in [3.05, 3.63) is 0 Å². The van der Waals surface area contributed by atoms with Crippen molar-refractivity contribution in [3.8, 4) is 0 Å². The maximum Gasteiger partial charge on any atom is 0.0487 e. The van der Waals surface area contributed by atoms with Crippen molar-refractivity contribution >= 4 is 0 Å². The van der Waals surface area contributed by atoms with Crippen LogP contribution in [0.4, 0.5) is 0 Å². The molecule has 1 aliphatic rings. The Hall–Kier alpha value is -0.160. The number of hydrogen-bond donors (Lipinski definition) is 3. The summed E-state index contributed by atoms with van der Waals surface area (Å²) in [6, 6.07) is 0.0556. The van der Waals surface area contributed by atoms with Gasteiger partial charge in [0.05, 0.1) is 0 Å². The van der Waals surface area contributed by atoms with Crippen LogP contribution in [0, 0.1) is 5.92 Å². The SMILES string of the molecule is NC1CN(N)CC1CO. The highest BCUT2D eigenvalue weighted by molar-refractivity contribution is 4.83. The fourth-order valence-electron chi connectivity index (χ4n) is 1.12. The van der Waals surface area contributed by atoms with Gasteiger partial charge in [-0.3, -0.25) is 5.84 Å². The van der Waals surface area contributed by atoms with E-state index in [9.17, 15) is 0 Å². The van der Waals surface area contributed by atoms with Crippen LogP contribution in [0.5, 0.6) is 0 Å². The van der Waals surface area contributed by atoms with Gasteiger partial charge in [0.2, 0.25) is 0 Å². The van der Waals surface area contributed by atoms with Crippen LogP contribution in [0.2, 0.25) is 0 Å². The molecular weight excluding hydrogens is 118 g/mol. The van der Waals surface area contributed by atoms with E-state index in [2.05, 4.69) is 0 Å². The molecule has 0 amide bonds. The van der Waals surface area contributed by atoms with Gasteiger partial charge in [0.1, 0.15) is 0 Å². The second-order valence-corrected chi connectivity index (χ2v) is 2.56. The third-order valence-corrected chi connectivity index (χ3v) is 1.75. The molecule has 1 saturated heterocycles. The largest absolute Gasteiger partial charge is 0.396 e. The quantitative estimate of drug-likeness (QED) is 0.364. The van der Waals surface area contributed by atoms with Crippen LogP contribution < -0.4 is 11.6 Å². The van der Waals surface area contributed by atoms with E-state index in [0.717, 1.165) is 6.54 Å². The van der Waals surface area contributed by atoms with Crippen LogP contribution in [-0.2, 0) is 0 Å². The van der Waals surface area contributed by atoms with E-state index in [0.29, 0.717) is 6.54 Å². The van der Waals surface area contributed by atoms with E-state index >= 15 is 0 Å². The number of hydrogen-bond acceptors (Lipinski definition) is 4. The van der Waals surface area contributed by atoms with E-state index in [-0.39, 0.29) is 18.6 Å². The lowest BCUT2D eigenvalue weighted by atomic mass is 10.1. The molecule has 0 saturated carbocycles. The third-order valence-electron chi connectivity index (χ3n) is 1.75. The zero-order chi connectivity index (χ0) is 6.85. The summed E-state index contributed by atoms with van der Waals surface area (Å²) in [5.74, 6) is 5.61. The third kappa shape index (κ3) is 1.40. The topological polar surface area (TPSA) is 75.5 Å². The van der Waals surface area contributed by atoms with E-state index in [4.69, 9.17) is 16.7 Å². The van der Waals surface area contributed by atoms with Gasteiger partial charge in [-0.25, -0.2) is 5.01 Å². The molecular formula is C5H13N3O. The molecule has 0 aliphatic carbocycles. The molecule has 0 bridgehead atoms. The standard InChI is InChI=1S/C5H13N3O/c6-5-2-8(7)1-4(5)3-9/h4-5,9H,1-3,6-7H2. The van der Waals surface area contributed by atoms with E-state index < -0.39 is 0 Å². The lowest BCUT2D eigenvalue weighted by Crippen LogP contribution is -2.32. The minimum absolute atomic E-state index is 0.0556. The Morgan fingerprint density at radius 2 is 2.22 bits per heavy atom. The molecule has 0 radical (unpaired) electrons. The molecule has 9 heavy (non-hydrogen) atoms. The minimum atomic E-state index is 0.0556. The van der Waals surface area contributed by atoms with Gasteiger partial charge >= 0.3 is 0 Å². The molecule has 2 unspecified atom stereocenters. The van der Waals surface area contributed by atoms with Crippen LogP contribution in [0.3, 0.4) is 0 Å². The molecule has 4 nitrogen and oxygen atoms in total. The Morgan fingerprint density at radius 1 is 1.56 bits per heavy atom. The number of aliphatic hydroxyl groups is 1. The molecule has 1 rings (SSSR count). The molecule has 1 aliphatic heterocycles. The molecule has 0 aromatic heterocycles. The Morgan fingerprint density at radius 3 is 2.44 bits per heavy atom. The Kier molecular flexibility index (Phi) is 2.02. The summed E-state index contributed by atoms with van der Waals surface area (Å²) in [6.45, 7) is 1.57. The van der Waals surface area contributed by atoms with Crippen molar-refractivity contribution in [2.24, 2.45) is 17.5 Å². The molecule has 5 N–H and O–H groups in total. The summed E-state index contributed by atoms with van der Waals surface area (Å²) < 4.78 is 0. The van der Waals surface area contributed by atoms with Crippen LogP contribution in [0.1, 0.15) is 0 Å². The maximum atomic E-state index is 8.69. The number of aliphatic hydroxyl groups excluding tert-OH is 1. The Labute approximate surface area is 54.4 Å². The van der Waals surface area contributed by atoms with Crippen LogP contribution >= 0.6 is 0 Å². The summed E-state index contributed by atoms with van der Waals surface area (Å²) >= 11 is 0. The monoisotopic (exact) mass is 131 g/mol. The van der Waals surface area contributed by atoms with Gasteiger partial charge in [-0.2, -0.15) is 0 Å². The molecule has 1 fully saturated rings. The second-order valence-electron chi connectivity index (χ2n) is 2.56. The number of hydrazine groups is 1. The first kappa shape index (κ1) is 6.95. The molecule has 54 valence electrons. The summed E-state index contributed by atoms with van der Waals surface area (Å²) in [4.78, 5) is 0. The summed E-state index contributed by atoms with van der Waals surface area (Å²) in [5.41, 5.74) is 5.60. The van der Waals surface area contributed by atoms with E-state index in [1.807, 2.05) is 0 Å². The highest BCUT2D eigenvalue weighted by Gasteiger charge is 2.27. The van der Waals surface area contributed by atoms with E-state index in [1.54, 1.807) is 5.01 Å². The zero-order valence-electron chi connectivity index (χ0n) is 5.33. The fraction of sp³-hybridized carbons (Fsp3) is 1.00. The van der Waals surface area contributed by atoms with Crippen molar-refractivity contribution in [2.45, 2.75) is 6.04 Å². The average Bonchev–Trinajstić information content (AvgIpc) is 2.10. The number of nitrogens with zero attached hydrogens (tertiary/aromatic N) is 1. The van der Waals surface area contributed by atoms with Crippen LogP contribution in [-0.4, -0.2) is 35.9 Å². The van der Waals surface area contributed by atoms with Crippen molar-refractivity contribution in [2.75, 3.05) is 19.7 Å². The highest BCUT2D eigenvalue weighted by Crippen LogP contribution is 2.10. The van der Waals surface area contributed by atoms with Crippen molar-refractivity contribution in [1.82, 2.24) is 5.01 Å². The first-order valence-electron chi connectivity index (χ1n) is 3.10. The van der Waals surface area contributed by atoms with Gasteiger partial charge in [0, 0.05) is 31.7 Å². The molecule has 0 spiro atoms. The Balaban J connectivity index is 2.38. The molecule has 1 heterocycles. The zero-order valence-corrected chi connectivity index (χ0v) is 5.33. The second kappa shape index (κ2) is 2.62.